The Bertz CT molecular complexity index is 565. The van der Waals surface area contributed by atoms with Crippen molar-refractivity contribution in [2.24, 2.45) is 0 Å². The third kappa shape index (κ3) is 3.54. The molecule has 20 heavy (non-hydrogen) atoms. The lowest BCUT2D eigenvalue weighted by molar-refractivity contribution is 0.0925. The van der Waals surface area contributed by atoms with Gasteiger partial charge in [0.05, 0.1) is 11.1 Å². The summed E-state index contributed by atoms with van der Waals surface area (Å²) in [4.78, 5) is 14.8. The SMILES string of the molecule is O=C(NC(CCO)c1ccccc1)c1cc(Cl)c(Cl)[nH]1. The van der Waals surface area contributed by atoms with Crippen molar-refractivity contribution in [3.63, 3.8) is 0 Å². The van der Waals surface area contributed by atoms with Crippen LogP contribution in [0.4, 0.5) is 0 Å². The van der Waals surface area contributed by atoms with E-state index >= 15 is 0 Å². The van der Waals surface area contributed by atoms with E-state index in [0.29, 0.717) is 17.1 Å². The number of halogens is 2. The second-order valence-electron chi connectivity index (χ2n) is 4.29. The highest BCUT2D eigenvalue weighted by Gasteiger charge is 2.17. The van der Waals surface area contributed by atoms with Crippen molar-refractivity contribution in [1.82, 2.24) is 10.3 Å². The van der Waals surface area contributed by atoms with E-state index in [1.54, 1.807) is 0 Å². The van der Waals surface area contributed by atoms with Gasteiger partial charge in [0, 0.05) is 6.61 Å². The molecule has 1 aromatic heterocycles. The Labute approximate surface area is 126 Å². The number of nitrogens with one attached hydrogen (secondary N) is 2. The van der Waals surface area contributed by atoms with E-state index in [-0.39, 0.29) is 23.7 Å². The van der Waals surface area contributed by atoms with Crippen molar-refractivity contribution < 1.29 is 9.90 Å². The van der Waals surface area contributed by atoms with Crippen LogP contribution in [-0.4, -0.2) is 22.6 Å². The predicted octanol–water partition coefficient (Wildman–Crippen LogP) is 3.18. The lowest BCUT2D eigenvalue weighted by Gasteiger charge is -2.17. The van der Waals surface area contributed by atoms with Crippen LogP contribution in [0.3, 0.4) is 0 Å². The average molecular weight is 313 g/mol. The van der Waals surface area contributed by atoms with E-state index in [0.717, 1.165) is 5.56 Å². The van der Waals surface area contributed by atoms with E-state index in [4.69, 9.17) is 28.3 Å². The van der Waals surface area contributed by atoms with Crippen molar-refractivity contribution in [2.45, 2.75) is 12.5 Å². The summed E-state index contributed by atoms with van der Waals surface area (Å²) in [6.07, 6.45) is 0.428. The van der Waals surface area contributed by atoms with E-state index in [1.165, 1.54) is 6.07 Å². The van der Waals surface area contributed by atoms with Gasteiger partial charge in [0.1, 0.15) is 10.8 Å². The second-order valence-corrected chi connectivity index (χ2v) is 5.08. The summed E-state index contributed by atoms with van der Waals surface area (Å²) in [5.74, 6) is -0.318. The van der Waals surface area contributed by atoms with Gasteiger partial charge in [-0.05, 0) is 18.1 Å². The number of benzene rings is 1. The number of H-pyrrole nitrogens is 1. The highest BCUT2D eigenvalue weighted by molar-refractivity contribution is 6.41. The minimum Gasteiger partial charge on any atom is -0.396 e. The summed E-state index contributed by atoms with van der Waals surface area (Å²) >= 11 is 11.6. The third-order valence-corrected chi connectivity index (χ3v) is 3.59. The first kappa shape index (κ1) is 14.9. The van der Waals surface area contributed by atoms with Gasteiger partial charge in [0.2, 0.25) is 0 Å². The second kappa shape index (κ2) is 6.79. The lowest BCUT2D eigenvalue weighted by Crippen LogP contribution is -2.29. The van der Waals surface area contributed by atoms with Gasteiger partial charge in [-0.25, -0.2) is 0 Å². The van der Waals surface area contributed by atoms with Crippen molar-refractivity contribution in [2.75, 3.05) is 6.61 Å². The minimum absolute atomic E-state index is 0.0217. The molecular weight excluding hydrogens is 299 g/mol. The van der Waals surface area contributed by atoms with Crippen molar-refractivity contribution in [3.05, 3.63) is 57.8 Å². The molecule has 1 aromatic carbocycles. The summed E-state index contributed by atoms with van der Waals surface area (Å²) in [7, 11) is 0. The van der Waals surface area contributed by atoms with Gasteiger partial charge in [-0.2, -0.15) is 0 Å². The lowest BCUT2D eigenvalue weighted by atomic mass is 10.0. The number of hydrogen-bond donors (Lipinski definition) is 3. The maximum absolute atomic E-state index is 12.1. The molecule has 0 saturated carbocycles. The molecule has 0 aliphatic carbocycles. The van der Waals surface area contributed by atoms with E-state index in [9.17, 15) is 4.79 Å². The summed E-state index contributed by atoms with van der Waals surface area (Å²) < 4.78 is 0. The zero-order valence-electron chi connectivity index (χ0n) is 10.6. The highest BCUT2D eigenvalue weighted by Crippen LogP contribution is 2.23. The van der Waals surface area contributed by atoms with Gasteiger partial charge < -0.3 is 15.4 Å². The molecular formula is C14H14Cl2N2O2. The van der Waals surface area contributed by atoms with Gasteiger partial charge in [-0.1, -0.05) is 53.5 Å². The van der Waals surface area contributed by atoms with Crippen LogP contribution in [0, 0.1) is 0 Å². The molecule has 2 aromatic rings. The number of amides is 1. The molecule has 6 heteroatoms. The van der Waals surface area contributed by atoms with Crippen LogP contribution in [0.2, 0.25) is 10.2 Å². The Morgan fingerprint density at radius 1 is 1.30 bits per heavy atom. The molecule has 0 saturated heterocycles. The summed E-state index contributed by atoms with van der Waals surface area (Å²) in [6.45, 7) is -0.0217. The first-order valence-electron chi connectivity index (χ1n) is 6.12. The Hall–Kier alpha value is -1.49. The number of carbonyl (C=O) groups is 1. The maximum atomic E-state index is 12.1. The molecule has 0 radical (unpaired) electrons. The molecule has 106 valence electrons. The molecule has 1 heterocycles. The van der Waals surface area contributed by atoms with Gasteiger partial charge in [-0.15, -0.1) is 0 Å². The van der Waals surface area contributed by atoms with Crippen molar-refractivity contribution >= 4 is 29.1 Å². The van der Waals surface area contributed by atoms with E-state index < -0.39 is 0 Å². The van der Waals surface area contributed by atoms with Gasteiger partial charge >= 0.3 is 0 Å². The highest BCUT2D eigenvalue weighted by atomic mass is 35.5. The van der Waals surface area contributed by atoms with Crippen LogP contribution in [0.25, 0.3) is 0 Å². The predicted molar refractivity (Wildman–Crippen MR) is 79.2 cm³/mol. The maximum Gasteiger partial charge on any atom is 0.268 e. The Balaban J connectivity index is 2.14. The first-order valence-corrected chi connectivity index (χ1v) is 6.88. The van der Waals surface area contributed by atoms with Gasteiger partial charge in [0.15, 0.2) is 0 Å². The standard InChI is InChI=1S/C14H14Cl2N2O2/c15-10-8-12(17-13(10)16)14(20)18-11(6-7-19)9-4-2-1-3-5-9/h1-5,8,11,17,19H,6-7H2,(H,18,20). The molecule has 1 amide bonds. The number of aromatic amines is 1. The number of aromatic nitrogens is 1. The normalized spacial score (nSPS) is 12.2. The van der Waals surface area contributed by atoms with Crippen LogP contribution in [0.1, 0.15) is 28.5 Å². The fourth-order valence-corrected chi connectivity index (χ4v) is 2.21. The van der Waals surface area contributed by atoms with Crippen LogP contribution >= 0.6 is 23.2 Å². The van der Waals surface area contributed by atoms with Crippen molar-refractivity contribution in [3.8, 4) is 0 Å². The monoisotopic (exact) mass is 312 g/mol. The van der Waals surface area contributed by atoms with Crippen LogP contribution < -0.4 is 5.32 Å². The minimum atomic E-state index is -0.318. The number of carbonyl (C=O) groups excluding carboxylic acids is 1. The van der Waals surface area contributed by atoms with E-state index in [1.807, 2.05) is 30.3 Å². The summed E-state index contributed by atoms with van der Waals surface area (Å²) in [5, 5.41) is 12.5. The van der Waals surface area contributed by atoms with Crippen molar-refractivity contribution in [1.29, 1.82) is 0 Å². The Morgan fingerprint density at radius 3 is 2.55 bits per heavy atom. The number of aliphatic hydroxyl groups is 1. The number of hydrogen-bond acceptors (Lipinski definition) is 2. The Kier molecular flexibility index (Phi) is 5.06. The van der Waals surface area contributed by atoms with E-state index in [2.05, 4.69) is 10.3 Å². The zero-order chi connectivity index (χ0) is 14.5. The first-order chi connectivity index (χ1) is 9.61. The quantitative estimate of drug-likeness (QED) is 0.794. The molecule has 0 spiro atoms. The largest absolute Gasteiger partial charge is 0.396 e. The molecule has 1 unspecified atom stereocenters. The van der Waals surface area contributed by atoms with Crippen LogP contribution in [-0.2, 0) is 0 Å². The fraction of sp³-hybridized carbons (Fsp3) is 0.214. The molecule has 3 N–H and O–H groups in total. The number of aliphatic hydroxyl groups excluding tert-OH is 1. The zero-order valence-corrected chi connectivity index (χ0v) is 12.1. The third-order valence-electron chi connectivity index (χ3n) is 2.89. The molecule has 0 aliphatic heterocycles. The van der Waals surface area contributed by atoms with Gasteiger partial charge in [0.25, 0.3) is 5.91 Å². The molecule has 1 atom stereocenters. The molecule has 0 aliphatic rings. The van der Waals surface area contributed by atoms with Gasteiger partial charge in [-0.3, -0.25) is 4.79 Å². The van der Waals surface area contributed by atoms with Crippen LogP contribution in [0.15, 0.2) is 36.4 Å². The number of rotatable bonds is 5. The summed E-state index contributed by atoms with van der Waals surface area (Å²) in [5.41, 5.74) is 1.22. The molecule has 2 rings (SSSR count). The average Bonchev–Trinajstić information content (AvgIpc) is 2.79. The topological polar surface area (TPSA) is 65.1 Å². The summed E-state index contributed by atoms with van der Waals surface area (Å²) in [6, 6.07) is 10.7. The Morgan fingerprint density at radius 2 is 2.00 bits per heavy atom. The van der Waals surface area contributed by atoms with Crippen LogP contribution in [0.5, 0.6) is 0 Å². The molecule has 4 nitrogen and oxygen atoms in total. The molecule has 0 bridgehead atoms. The fourth-order valence-electron chi connectivity index (χ4n) is 1.90. The smallest absolute Gasteiger partial charge is 0.268 e. The molecule has 0 fully saturated rings.